The number of pyridine rings is 1. The molecular formula is C14H18N4O2. The monoisotopic (exact) mass is 274 g/mol. The van der Waals surface area contributed by atoms with E-state index in [0.717, 1.165) is 30.8 Å². The van der Waals surface area contributed by atoms with E-state index in [0.29, 0.717) is 5.69 Å². The van der Waals surface area contributed by atoms with E-state index < -0.39 is 5.97 Å². The predicted molar refractivity (Wildman–Crippen MR) is 75.7 cm³/mol. The molecule has 0 saturated carbocycles. The van der Waals surface area contributed by atoms with Gasteiger partial charge in [-0.1, -0.05) is 0 Å². The fraction of sp³-hybridized carbons (Fsp3) is 0.357. The Labute approximate surface area is 117 Å². The quantitative estimate of drug-likeness (QED) is 0.621. The lowest BCUT2D eigenvalue weighted by Crippen LogP contribution is -2.07. The molecule has 0 aliphatic carbocycles. The molecule has 6 nitrogen and oxygen atoms in total. The number of hydrogen-bond donors (Lipinski definition) is 2. The zero-order valence-electron chi connectivity index (χ0n) is 11.6. The van der Waals surface area contributed by atoms with E-state index in [1.165, 1.54) is 12.7 Å². The van der Waals surface area contributed by atoms with E-state index in [9.17, 15) is 4.79 Å². The van der Waals surface area contributed by atoms with Crippen LogP contribution in [0.4, 0.5) is 5.69 Å². The molecule has 2 N–H and O–H groups in total. The minimum absolute atomic E-state index is 0.308. The highest BCUT2D eigenvalue weighted by Gasteiger charge is 2.07. The first-order chi connectivity index (χ1) is 9.70. The fourth-order valence-electron chi connectivity index (χ4n) is 1.90. The molecule has 0 saturated heterocycles. The average Bonchev–Trinajstić information content (AvgIpc) is 2.88. The Kier molecular flexibility index (Phi) is 4.70. The molecule has 0 bridgehead atoms. The number of nitrogens with zero attached hydrogens (tertiary/aromatic N) is 2. The van der Waals surface area contributed by atoms with Crippen molar-refractivity contribution in [2.75, 3.05) is 19.0 Å². The number of nitrogens with one attached hydrogen (secondary N) is 2. The van der Waals surface area contributed by atoms with Gasteiger partial charge in [-0.05, 0) is 37.5 Å². The van der Waals surface area contributed by atoms with Crippen LogP contribution in [0.15, 0.2) is 24.5 Å². The SMILES string of the molecule is COC(=O)c1cc(NCCCc2cn[nH]c2C)ccn1. The molecule has 2 rings (SSSR count). The van der Waals surface area contributed by atoms with Crippen molar-refractivity contribution in [3.63, 3.8) is 0 Å². The molecular weight excluding hydrogens is 256 g/mol. The number of carbonyl (C=O) groups is 1. The highest BCUT2D eigenvalue weighted by atomic mass is 16.5. The molecule has 0 spiro atoms. The van der Waals surface area contributed by atoms with Crippen molar-refractivity contribution >= 4 is 11.7 Å². The van der Waals surface area contributed by atoms with Gasteiger partial charge in [0, 0.05) is 24.1 Å². The summed E-state index contributed by atoms with van der Waals surface area (Å²) in [4.78, 5) is 15.3. The van der Waals surface area contributed by atoms with Crippen molar-refractivity contribution in [3.8, 4) is 0 Å². The number of carbonyl (C=O) groups excluding carboxylic acids is 1. The molecule has 2 aromatic rings. The molecule has 0 unspecified atom stereocenters. The second-order valence-electron chi connectivity index (χ2n) is 4.47. The van der Waals surface area contributed by atoms with Gasteiger partial charge in [0.2, 0.25) is 0 Å². The zero-order valence-corrected chi connectivity index (χ0v) is 11.6. The number of anilines is 1. The Morgan fingerprint density at radius 3 is 3.05 bits per heavy atom. The Morgan fingerprint density at radius 1 is 1.50 bits per heavy atom. The number of hydrogen-bond acceptors (Lipinski definition) is 5. The van der Waals surface area contributed by atoms with Crippen molar-refractivity contribution < 1.29 is 9.53 Å². The molecule has 2 heterocycles. The van der Waals surface area contributed by atoms with Gasteiger partial charge < -0.3 is 10.1 Å². The number of ether oxygens (including phenoxy) is 1. The standard InChI is InChI=1S/C14H18N4O2/c1-10-11(9-17-18-10)4-3-6-15-12-5-7-16-13(8-12)14(19)20-2/h5,7-9H,3-4,6H2,1-2H3,(H,15,16)(H,17,18). The van der Waals surface area contributed by atoms with Gasteiger partial charge in [-0.2, -0.15) is 5.10 Å². The van der Waals surface area contributed by atoms with Crippen LogP contribution < -0.4 is 5.32 Å². The molecule has 0 aliphatic rings. The molecule has 2 aromatic heterocycles. The maximum atomic E-state index is 11.4. The number of methoxy groups -OCH3 is 1. The molecule has 20 heavy (non-hydrogen) atoms. The summed E-state index contributed by atoms with van der Waals surface area (Å²) in [5.41, 5.74) is 3.52. The van der Waals surface area contributed by atoms with Crippen LogP contribution in [-0.2, 0) is 11.2 Å². The Bertz CT molecular complexity index is 580. The third-order valence-electron chi connectivity index (χ3n) is 3.04. The van der Waals surface area contributed by atoms with Gasteiger partial charge in [0.25, 0.3) is 0 Å². The smallest absolute Gasteiger partial charge is 0.356 e. The van der Waals surface area contributed by atoms with Crippen LogP contribution in [0.3, 0.4) is 0 Å². The van der Waals surface area contributed by atoms with Crippen molar-refractivity contribution in [3.05, 3.63) is 41.5 Å². The van der Waals surface area contributed by atoms with Crippen molar-refractivity contribution in [2.45, 2.75) is 19.8 Å². The first kappa shape index (κ1) is 14.0. The summed E-state index contributed by atoms with van der Waals surface area (Å²) < 4.78 is 4.64. The highest BCUT2D eigenvalue weighted by molar-refractivity contribution is 5.88. The van der Waals surface area contributed by atoms with E-state index in [-0.39, 0.29) is 0 Å². The normalized spacial score (nSPS) is 10.3. The molecule has 0 aliphatic heterocycles. The Hall–Kier alpha value is -2.37. The second-order valence-corrected chi connectivity index (χ2v) is 4.47. The summed E-state index contributed by atoms with van der Waals surface area (Å²) in [6, 6.07) is 3.52. The number of aromatic amines is 1. The number of H-pyrrole nitrogens is 1. The van der Waals surface area contributed by atoms with Crippen LogP contribution in [0.5, 0.6) is 0 Å². The molecule has 0 radical (unpaired) electrons. The zero-order chi connectivity index (χ0) is 14.4. The molecule has 6 heteroatoms. The fourth-order valence-corrected chi connectivity index (χ4v) is 1.90. The summed E-state index contributed by atoms with van der Waals surface area (Å²) >= 11 is 0. The minimum atomic E-state index is -0.428. The van der Waals surface area contributed by atoms with Gasteiger partial charge in [0.05, 0.1) is 13.3 Å². The lowest BCUT2D eigenvalue weighted by Gasteiger charge is -2.07. The summed E-state index contributed by atoms with van der Waals surface area (Å²) in [6.07, 6.45) is 5.40. The van der Waals surface area contributed by atoms with Gasteiger partial charge in [-0.25, -0.2) is 9.78 Å². The maximum Gasteiger partial charge on any atom is 0.356 e. The van der Waals surface area contributed by atoms with Crippen molar-refractivity contribution in [1.29, 1.82) is 0 Å². The van der Waals surface area contributed by atoms with Crippen LogP contribution in [0.2, 0.25) is 0 Å². The van der Waals surface area contributed by atoms with E-state index in [4.69, 9.17) is 0 Å². The topological polar surface area (TPSA) is 79.9 Å². The predicted octanol–water partition coefficient (Wildman–Crippen LogP) is 1.94. The van der Waals surface area contributed by atoms with Crippen molar-refractivity contribution in [2.24, 2.45) is 0 Å². The largest absolute Gasteiger partial charge is 0.464 e. The molecule has 0 aromatic carbocycles. The molecule has 0 amide bonds. The lowest BCUT2D eigenvalue weighted by atomic mass is 10.1. The summed E-state index contributed by atoms with van der Waals surface area (Å²) in [7, 11) is 1.34. The van der Waals surface area contributed by atoms with Crippen LogP contribution in [0.25, 0.3) is 0 Å². The van der Waals surface area contributed by atoms with Crippen molar-refractivity contribution in [1.82, 2.24) is 15.2 Å². The van der Waals surface area contributed by atoms with E-state index in [2.05, 4.69) is 25.2 Å². The van der Waals surface area contributed by atoms with Gasteiger partial charge in [-0.15, -0.1) is 0 Å². The number of aromatic nitrogens is 3. The summed E-state index contributed by atoms with van der Waals surface area (Å²) in [5, 5.41) is 10.2. The first-order valence-corrected chi connectivity index (χ1v) is 6.48. The first-order valence-electron chi connectivity index (χ1n) is 6.48. The third kappa shape index (κ3) is 3.57. The van der Waals surface area contributed by atoms with Gasteiger partial charge in [-0.3, -0.25) is 5.10 Å². The van der Waals surface area contributed by atoms with Crippen LogP contribution in [0.1, 0.15) is 28.2 Å². The Balaban J connectivity index is 1.82. The van der Waals surface area contributed by atoms with E-state index in [1.54, 1.807) is 12.3 Å². The molecule has 0 atom stereocenters. The van der Waals surface area contributed by atoms with Gasteiger partial charge in [0.15, 0.2) is 0 Å². The summed E-state index contributed by atoms with van der Waals surface area (Å²) in [5.74, 6) is -0.428. The number of aryl methyl sites for hydroxylation is 2. The maximum absolute atomic E-state index is 11.4. The van der Waals surface area contributed by atoms with Crippen LogP contribution in [0, 0.1) is 6.92 Å². The van der Waals surface area contributed by atoms with Gasteiger partial charge in [0.1, 0.15) is 5.69 Å². The number of rotatable bonds is 6. The van der Waals surface area contributed by atoms with Crippen LogP contribution in [-0.4, -0.2) is 34.8 Å². The lowest BCUT2D eigenvalue weighted by molar-refractivity contribution is 0.0594. The second kappa shape index (κ2) is 6.70. The van der Waals surface area contributed by atoms with Gasteiger partial charge >= 0.3 is 5.97 Å². The van der Waals surface area contributed by atoms with Crippen LogP contribution >= 0.6 is 0 Å². The highest BCUT2D eigenvalue weighted by Crippen LogP contribution is 2.10. The minimum Gasteiger partial charge on any atom is -0.464 e. The third-order valence-corrected chi connectivity index (χ3v) is 3.04. The number of esters is 1. The summed E-state index contributed by atoms with van der Waals surface area (Å²) in [6.45, 7) is 2.83. The van der Waals surface area contributed by atoms with E-state index >= 15 is 0 Å². The van der Waals surface area contributed by atoms with E-state index in [1.807, 2.05) is 19.2 Å². The average molecular weight is 274 g/mol. The molecule has 0 fully saturated rings. The Morgan fingerprint density at radius 2 is 2.35 bits per heavy atom. The molecule has 106 valence electrons.